The topological polar surface area (TPSA) is 57.5 Å². The average Bonchev–Trinajstić information content (AvgIpc) is 3.19. The first-order chi connectivity index (χ1) is 14.7. The second-order valence-corrected chi connectivity index (χ2v) is 7.34. The summed E-state index contributed by atoms with van der Waals surface area (Å²) < 4.78 is 45.8. The van der Waals surface area contributed by atoms with E-state index in [2.05, 4.69) is 14.9 Å². The minimum atomic E-state index is -0.839. The van der Waals surface area contributed by atoms with Crippen molar-refractivity contribution < 1.29 is 23.0 Å². The van der Waals surface area contributed by atoms with Crippen LogP contribution >= 0.6 is 0 Å². The minimum absolute atomic E-state index is 0.0621. The van der Waals surface area contributed by atoms with Crippen molar-refractivity contribution in [2.45, 2.75) is 25.8 Å². The van der Waals surface area contributed by atoms with Crippen LogP contribution in [0.25, 0.3) is 11.3 Å². The number of hydrogen-bond acceptors (Lipinski definition) is 5. The number of nitrogens with zero attached hydrogens (tertiary/aromatic N) is 2. The van der Waals surface area contributed by atoms with E-state index in [1.54, 1.807) is 6.07 Å². The number of nitrogens with one attached hydrogen (secondary N) is 1. The molecule has 6 nitrogen and oxygen atoms in total. The van der Waals surface area contributed by atoms with Crippen LogP contribution < -0.4 is 14.8 Å². The molecule has 0 saturated carbocycles. The molecule has 2 aliphatic rings. The van der Waals surface area contributed by atoms with Gasteiger partial charge in [0.05, 0.1) is 24.5 Å². The fourth-order valence-electron chi connectivity index (χ4n) is 3.77. The lowest BCUT2D eigenvalue weighted by Gasteiger charge is -2.26. The summed E-state index contributed by atoms with van der Waals surface area (Å²) in [6.07, 6.45) is 1.79. The normalized spacial score (nSPS) is 17.6. The molecule has 0 spiro atoms. The number of hydrogen-bond donors (Lipinski definition) is 1. The smallest absolute Gasteiger partial charge is 0.162 e. The number of benzene rings is 2. The van der Waals surface area contributed by atoms with Gasteiger partial charge in [0.2, 0.25) is 0 Å². The molecule has 0 amide bonds. The molecule has 0 fully saturated rings. The van der Waals surface area contributed by atoms with Gasteiger partial charge in [0.25, 0.3) is 0 Å². The molecule has 3 heterocycles. The van der Waals surface area contributed by atoms with E-state index in [9.17, 15) is 8.78 Å². The van der Waals surface area contributed by atoms with Crippen LogP contribution in [0.3, 0.4) is 0 Å². The number of halogens is 2. The average molecular weight is 413 g/mol. The zero-order valence-electron chi connectivity index (χ0n) is 16.2. The molecule has 3 aromatic rings. The molecule has 0 aliphatic carbocycles. The van der Waals surface area contributed by atoms with Crippen molar-refractivity contribution in [1.82, 2.24) is 14.9 Å². The van der Waals surface area contributed by atoms with Gasteiger partial charge in [0, 0.05) is 18.7 Å². The van der Waals surface area contributed by atoms with E-state index >= 15 is 0 Å². The van der Waals surface area contributed by atoms with Gasteiger partial charge in [-0.3, -0.25) is 0 Å². The fraction of sp³-hybridized carbons (Fsp3) is 0.318. The van der Waals surface area contributed by atoms with E-state index in [1.807, 2.05) is 24.4 Å². The van der Waals surface area contributed by atoms with E-state index in [4.69, 9.17) is 14.2 Å². The van der Waals surface area contributed by atoms with Gasteiger partial charge in [-0.15, -0.1) is 0 Å². The van der Waals surface area contributed by atoms with Gasteiger partial charge in [-0.05, 0) is 35.9 Å². The van der Waals surface area contributed by atoms with Gasteiger partial charge in [0.1, 0.15) is 25.6 Å². The first-order valence-electron chi connectivity index (χ1n) is 9.88. The summed E-state index contributed by atoms with van der Waals surface area (Å²) in [7, 11) is 0. The summed E-state index contributed by atoms with van der Waals surface area (Å²) >= 11 is 0. The molecule has 1 N–H and O–H groups in total. The third kappa shape index (κ3) is 3.76. The predicted octanol–water partition coefficient (Wildman–Crippen LogP) is 3.29. The number of aromatic nitrogens is 2. The number of fused-ring (bicyclic) bond motifs is 2. The Balaban J connectivity index is 1.26. The molecule has 0 saturated heterocycles. The molecule has 0 unspecified atom stereocenters. The van der Waals surface area contributed by atoms with Gasteiger partial charge in [-0.1, -0.05) is 6.07 Å². The second-order valence-electron chi connectivity index (χ2n) is 7.34. The quantitative estimate of drug-likeness (QED) is 0.696. The van der Waals surface area contributed by atoms with Crippen molar-refractivity contribution in [2.75, 3.05) is 19.8 Å². The first kappa shape index (κ1) is 19.0. The minimum Gasteiger partial charge on any atom is -0.486 e. The molecule has 0 bridgehead atoms. The maximum Gasteiger partial charge on any atom is 0.162 e. The highest BCUT2D eigenvalue weighted by molar-refractivity contribution is 5.64. The lowest BCUT2D eigenvalue weighted by atomic mass is 10.1. The van der Waals surface area contributed by atoms with Crippen molar-refractivity contribution in [3.63, 3.8) is 0 Å². The summed E-state index contributed by atoms with van der Waals surface area (Å²) in [6, 6.07) is 9.82. The maximum absolute atomic E-state index is 13.3. The Kier molecular flexibility index (Phi) is 5.10. The van der Waals surface area contributed by atoms with Crippen LogP contribution in [0.5, 0.6) is 11.5 Å². The summed E-state index contributed by atoms with van der Waals surface area (Å²) in [4.78, 5) is 4.49. The molecule has 2 aliphatic heterocycles. The Hall–Kier alpha value is -2.97. The molecule has 0 radical (unpaired) electrons. The van der Waals surface area contributed by atoms with E-state index in [-0.39, 0.29) is 6.10 Å². The van der Waals surface area contributed by atoms with E-state index < -0.39 is 11.6 Å². The van der Waals surface area contributed by atoms with Crippen molar-refractivity contribution in [3.8, 4) is 22.8 Å². The van der Waals surface area contributed by atoms with Crippen LogP contribution in [0.15, 0.2) is 42.6 Å². The van der Waals surface area contributed by atoms with Crippen molar-refractivity contribution in [1.29, 1.82) is 0 Å². The summed E-state index contributed by atoms with van der Waals surface area (Å²) in [5.74, 6) is 0.692. The van der Waals surface area contributed by atoms with Crippen LogP contribution in [-0.4, -0.2) is 35.4 Å². The van der Waals surface area contributed by atoms with E-state index in [1.165, 1.54) is 6.07 Å². The third-order valence-corrected chi connectivity index (χ3v) is 5.30. The molecule has 1 atom stereocenters. The van der Waals surface area contributed by atoms with Crippen molar-refractivity contribution >= 4 is 0 Å². The van der Waals surface area contributed by atoms with Crippen LogP contribution in [0, 0.1) is 11.6 Å². The summed E-state index contributed by atoms with van der Waals surface area (Å²) in [5, 5.41) is 3.26. The van der Waals surface area contributed by atoms with E-state index in [0.29, 0.717) is 45.0 Å². The highest BCUT2D eigenvalue weighted by Gasteiger charge is 2.23. The lowest BCUT2D eigenvalue weighted by molar-refractivity contribution is 0.00325. The molecule has 30 heavy (non-hydrogen) atoms. The van der Waals surface area contributed by atoms with Crippen LogP contribution in [-0.2, 0) is 24.4 Å². The van der Waals surface area contributed by atoms with Crippen molar-refractivity contribution in [3.05, 3.63) is 65.6 Å². The fourth-order valence-corrected chi connectivity index (χ4v) is 3.77. The maximum atomic E-state index is 13.3. The van der Waals surface area contributed by atoms with Crippen LogP contribution in [0.1, 0.15) is 11.4 Å². The monoisotopic (exact) mass is 413 g/mol. The zero-order chi connectivity index (χ0) is 20.5. The number of ether oxygens (including phenoxy) is 3. The Morgan fingerprint density at radius 1 is 1.03 bits per heavy atom. The largest absolute Gasteiger partial charge is 0.486 e. The van der Waals surface area contributed by atoms with Gasteiger partial charge in [0.15, 0.2) is 23.1 Å². The molecule has 156 valence electrons. The van der Waals surface area contributed by atoms with Crippen molar-refractivity contribution in [2.24, 2.45) is 0 Å². The van der Waals surface area contributed by atoms with Gasteiger partial charge in [-0.25, -0.2) is 13.8 Å². The highest BCUT2D eigenvalue weighted by atomic mass is 19.2. The van der Waals surface area contributed by atoms with Crippen LogP contribution in [0.4, 0.5) is 8.78 Å². The molecular formula is C22H21F2N3O3. The number of imidazole rings is 1. The van der Waals surface area contributed by atoms with Crippen LogP contribution in [0.2, 0.25) is 0 Å². The summed E-state index contributed by atoms with van der Waals surface area (Å²) in [5.41, 5.74) is 2.69. The predicted molar refractivity (Wildman–Crippen MR) is 105 cm³/mol. The second kappa shape index (κ2) is 8.04. The zero-order valence-corrected chi connectivity index (χ0v) is 16.2. The SMILES string of the molecule is Fc1ccc(CNC[C@H]2Cn3c(-c4ccc5c(c4)OCCO5)cnc3CO2)cc1F. The van der Waals surface area contributed by atoms with Gasteiger partial charge in [-0.2, -0.15) is 0 Å². The molecule has 2 aromatic carbocycles. The lowest BCUT2D eigenvalue weighted by Crippen LogP contribution is -2.36. The van der Waals surface area contributed by atoms with E-state index in [0.717, 1.165) is 34.6 Å². The first-order valence-corrected chi connectivity index (χ1v) is 9.88. The highest BCUT2D eigenvalue weighted by Crippen LogP contribution is 2.35. The Bertz CT molecular complexity index is 1070. The Morgan fingerprint density at radius 2 is 1.90 bits per heavy atom. The number of rotatable bonds is 5. The Labute approximate surface area is 172 Å². The third-order valence-electron chi connectivity index (χ3n) is 5.30. The molecule has 5 rings (SSSR count). The Morgan fingerprint density at radius 3 is 2.77 bits per heavy atom. The molecule has 8 heteroatoms. The summed E-state index contributed by atoms with van der Waals surface area (Å²) in [6.45, 7) is 3.18. The molecule has 1 aromatic heterocycles. The standard InChI is InChI=1S/C22H21F2N3O3/c23-17-3-1-14(7-18(17)24)9-25-10-16-12-27-19(11-26-22(27)13-30-16)15-2-4-20-21(8-15)29-6-5-28-20/h1-4,7-8,11,16,25H,5-6,9-10,12-13H2/t16-/m0/s1. The van der Waals surface area contributed by atoms with Gasteiger partial charge >= 0.3 is 0 Å². The molecular weight excluding hydrogens is 392 g/mol. The van der Waals surface area contributed by atoms with Gasteiger partial charge < -0.3 is 24.1 Å².